The molecule has 0 aliphatic rings. The molecule has 3 N–H and O–H groups in total. The third-order valence-electron chi connectivity index (χ3n) is 3.76. The summed E-state index contributed by atoms with van der Waals surface area (Å²) >= 11 is 0. The summed E-state index contributed by atoms with van der Waals surface area (Å²) in [7, 11) is 0. The summed E-state index contributed by atoms with van der Waals surface area (Å²) in [5, 5.41) is 14.0. The van der Waals surface area contributed by atoms with Crippen molar-refractivity contribution >= 4 is 10.9 Å². The van der Waals surface area contributed by atoms with E-state index in [-0.39, 0.29) is 18.0 Å². The smallest absolute Gasteiger partial charge is 0.248 e. The van der Waals surface area contributed by atoms with Gasteiger partial charge in [-0.05, 0) is 42.0 Å². The second kappa shape index (κ2) is 7.92. The minimum absolute atomic E-state index is 0.144. The summed E-state index contributed by atoms with van der Waals surface area (Å²) in [6.45, 7) is 1.05. The van der Waals surface area contributed by atoms with E-state index in [0.29, 0.717) is 18.8 Å². The predicted octanol–water partition coefficient (Wildman–Crippen LogP) is 2.20. The monoisotopic (exact) mass is 342 g/mol. The van der Waals surface area contributed by atoms with Crippen LogP contribution in [-0.4, -0.2) is 29.3 Å². The van der Waals surface area contributed by atoms with Gasteiger partial charge in [0.1, 0.15) is 24.3 Å². The van der Waals surface area contributed by atoms with Gasteiger partial charge in [0, 0.05) is 30.1 Å². The van der Waals surface area contributed by atoms with Crippen molar-refractivity contribution in [3.63, 3.8) is 0 Å². The lowest BCUT2D eigenvalue weighted by molar-refractivity contribution is 0.106. The maximum absolute atomic E-state index is 12.8. The van der Waals surface area contributed by atoms with Crippen molar-refractivity contribution in [3.05, 3.63) is 76.3 Å². The number of fused-ring (bicyclic) bond motifs is 1. The Kier molecular flexibility index (Phi) is 5.42. The van der Waals surface area contributed by atoms with Crippen LogP contribution in [0.1, 0.15) is 5.56 Å². The summed E-state index contributed by atoms with van der Waals surface area (Å²) in [6.07, 6.45) is -0.674. The zero-order chi connectivity index (χ0) is 17.6. The summed E-state index contributed by atoms with van der Waals surface area (Å²) in [6, 6.07) is 14.7. The SMILES string of the molecule is O=c1ccc2cc(OC[C@@H](O)CNCc3ccc(F)cc3)ccc2[nH]1. The van der Waals surface area contributed by atoms with E-state index in [2.05, 4.69) is 10.3 Å². The largest absolute Gasteiger partial charge is 0.491 e. The highest BCUT2D eigenvalue weighted by molar-refractivity contribution is 5.79. The molecule has 0 aliphatic heterocycles. The summed E-state index contributed by atoms with van der Waals surface area (Å²) in [5.74, 6) is 0.355. The fourth-order valence-corrected chi connectivity index (χ4v) is 2.46. The van der Waals surface area contributed by atoms with E-state index in [1.807, 2.05) is 6.07 Å². The highest BCUT2D eigenvalue weighted by Crippen LogP contribution is 2.18. The molecule has 0 bridgehead atoms. The molecular formula is C19H19FN2O3. The molecule has 0 saturated heterocycles. The topological polar surface area (TPSA) is 74.3 Å². The maximum atomic E-state index is 12.8. The molecule has 25 heavy (non-hydrogen) atoms. The number of benzene rings is 2. The number of hydrogen-bond donors (Lipinski definition) is 3. The molecule has 0 fully saturated rings. The zero-order valence-electron chi connectivity index (χ0n) is 13.5. The molecule has 3 aromatic rings. The lowest BCUT2D eigenvalue weighted by Gasteiger charge is -2.13. The van der Waals surface area contributed by atoms with Crippen molar-refractivity contribution in [3.8, 4) is 5.75 Å². The van der Waals surface area contributed by atoms with Gasteiger partial charge < -0.3 is 20.1 Å². The lowest BCUT2D eigenvalue weighted by atomic mass is 10.2. The fraction of sp³-hybridized carbons (Fsp3) is 0.211. The van der Waals surface area contributed by atoms with Gasteiger partial charge >= 0.3 is 0 Å². The van der Waals surface area contributed by atoms with Gasteiger partial charge in [0.25, 0.3) is 0 Å². The Balaban J connectivity index is 1.47. The molecule has 0 saturated carbocycles. The second-order valence-corrected chi connectivity index (χ2v) is 5.79. The van der Waals surface area contributed by atoms with Gasteiger partial charge in [0.05, 0.1) is 0 Å². The van der Waals surface area contributed by atoms with Crippen LogP contribution in [-0.2, 0) is 6.54 Å². The summed E-state index contributed by atoms with van der Waals surface area (Å²) in [5.41, 5.74) is 1.53. The second-order valence-electron chi connectivity index (χ2n) is 5.79. The van der Waals surface area contributed by atoms with Crippen molar-refractivity contribution in [2.45, 2.75) is 12.6 Å². The van der Waals surface area contributed by atoms with Gasteiger partial charge in [-0.3, -0.25) is 4.79 Å². The van der Waals surface area contributed by atoms with Crippen LogP contribution in [0.4, 0.5) is 4.39 Å². The van der Waals surface area contributed by atoms with Gasteiger partial charge in [-0.2, -0.15) is 0 Å². The summed E-state index contributed by atoms with van der Waals surface area (Å²) < 4.78 is 18.4. The van der Waals surface area contributed by atoms with Crippen molar-refractivity contribution in [2.24, 2.45) is 0 Å². The zero-order valence-corrected chi connectivity index (χ0v) is 13.5. The average molecular weight is 342 g/mol. The fourth-order valence-electron chi connectivity index (χ4n) is 2.46. The van der Waals surface area contributed by atoms with Crippen LogP contribution in [0.25, 0.3) is 10.9 Å². The van der Waals surface area contributed by atoms with Crippen molar-refractivity contribution in [2.75, 3.05) is 13.2 Å². The number of rotatable bonds is 7. The molecule has 1 atom stereocenters. The molecule has 1 aromatic heterocycles. The predicted molar refractivity (Wildman–Crippen MR) is 94.2 cm³/mol. The molecule has 0 radical (unpaired) electrons. The first-order valence-electron chi connectivity index (χ1n) is 7.99. The molecule has 0 aliphatic carbocycles. The van der Waals surface area contributed by atoms with E-state index in [4.69, 9.17) is 4.74 Å². The van der Waals surface area contributed by atoms with Crippen LogP contribution in [0, 0.1) is 5.82 Å². The molecule has 1 heterocycles. The maximum Gasteiger partial charge on any atom is 0.248 e. The molecule has 2 aromatic carbocycles. The Bertz CT molecular complexity index is 893. The third kappa shape index (κ3) is 4.89. The molecule has 0 unspecified atom stereocenters. The first kappa shape index (κ1) is 17.1. The van der Waals surface area contributed by atoms with Crippen LogP contribution in [0.5, 0.6) is 5.75 Å². The number of aliphatic hydroxyl groups is 1. The first-order valence-corrected chi connectivity index (χ1v) is 7.99. The highest BCUT2D eigenvalue weighted by atomic mass is 19.1. The van der Waals surface area contributed by atoms with Gasteiger partial charge in [0.2, 0.25) is 5.56 Å². The molecule has 5 nitrogen and oxygen atoms in total. The van der Waals surface area contributed by atoms with E-state index in [1.165, 1.54) is 18.2 Å². The highest BCUT2D eigenvalue weighted by Gasteiger charge is 2.06. The molecular weight excluding hydrogens is 323 g/mol. The molecule has 0 spiro atoms. The van der Waals surface area contributed by atoms with Gasteiger partial charge in [-0.15, -0.1) is 0 Å². The van der Waals surface area contributed by atoms with E-state index >= 15 is 0 Å². The molecule has 6 heteroatoms. The van der Waals surface area contributed by atoms with Gasteiger partial charge in [-0.1, -0.05) is 12.1 Å². The van der Waals surface area contributed by atoms with E-state index in [1.54, 1.807) is 30.3 Å². The number of halogens is 1. The first-order chi connectivity index (χ1) is 12.1. The number of ether oxygens (including phenoxy) is 1. The lowest BCUT2D eigenvalue weighted by Crippen LogP contribution is -2.31. The molecule has 0 amide bonds. The average Bonchev–Trinajstić information content (AvgIpc) is 2.61. The van der Waals surface area contributed by atoms with Crippen molar-refractivity contribution in [1.29, 1.82) is 0 Å². The number of aromatic nitrogens is 1. The molecule has 130 valence electrons. The number of pyridine rings is 1. The standard InChI is InChI=1S/C19H19FN2O3/c20-15-4-1-13(2-5-15)10-21-11-16(23)12-25-17-6-7-18-14(9-17)3-8-19(24)22-18/h1-9,16,21,23H,10-12H2,(H,22,24)/t16-/m0/s1. The quantitative estimate of drug-likeness (QED) is 0.615. The minimum atomic E-state index is -0.674. The van der Waals surface area contributed by atoms with Gasteiger partial charge in [0.15, 0.2) is 0 Å². The normalized spacial score (nSPS) is 12.2. The summed E-state index contributed by atoms with van der Waals surface area (Å²) in [4.78, 5) is 14.0. The Morgan fingerprint density at radius 1 is 1.12 bits per heavy atom. The van der Waals surface area contributed by atoms with Crippen LogP contribution in [0.15, 0.2) is 59.4 Å². The van der Waals surface area contributed by atoms with Crippen LogP contribution >= 0.6 is 0 Å². The number of nitrogens with one attached hydrogen (secondary N) is 2. The number of aromatic amines is 1. The molecule has 3 rings (SSSR count). The number of H-pyrrole nitrogens is 1. The minimum Gasteiger partial charge on any atom is -0.491 e. The number of aliphatic hydroxyl groups excluding tert-OH is 1. The van der Waals surface area contributed by atoms with Crippen LogP contribution in [0.2, 0.25) is 0 Å². The Morgan fingerprint density at radius 2 is 1.92 bits per heavy atom. The third-order valence-corrected chi connectivity index (χ3v) is 3.76. The van der Waals surface area contributed by atoms with E-state index in [0.717, 1.165) is 16.5 Å². The number of hydrogen-bond acceptors (Lipinski definition) is 4. The van der Waals surface area contributed by atoms with E-state index in [9.17, 15) is 14.3 Å². The Hall–Kier alpha value is -2.70. The Morgan fingerprint density at radius 3 is 2.72 bits per heavy atom. The van der Waals surface area contributed by atoms with Crippen LogP contribution < -0.4 is 15.6 Å². The van der Waals surface area contributed by atoms with Gasteiger partial charge in [-0.25, -0.2) is 4.39 Å². The van der Waals surface area contributed by atoms with Crippen molar-refractivity contribution in [1.82, 2.24) is 10.3 Å². The van der Waals surface area contributed by atoms with Crippen molar-refractivity contribution < 1.29 is 14.2 Å². The van der Waals surface area contributed by atoms with E-state index < -0.39 is 6.10 Å². The Labute approximate surface area is 144 Å². The van der Waals surface area contributed by atoms with Crippen LogP contribution in [0.3, 0.4) is 0 Å².